The van der Waals surface area contributed by atoms with E-state index in [1.165, 1.54) is 31.2 Å². The first kappa shape index (κ1) is 18.1. The minimum absolute atomic E-state index is 0.0386. The second-order valence-corrected chi connectivity index (χ2v) is 5.53. The number of ether oxygens (including phenoxy) is 2. The molecule has 0 spiro atoms. The molecule has 0 fully saturated rings. The maximum absolute atomic E-state index is 12.0. The van der Waals surface area contributed by atoms with Gasteiger partial charge in [-0.05, 0) is 11.5 Å². The Labute approximate surface area is 153 Å². The van der Waals surface area contributed by atoms with E-state index in [1.807, 2.05) is 0 Å². The molecule has 0 atom stereocenters. The van der Waals surface area contributed by atoms with Gasteiger partial charge in [0.1, 0.15) is 16.8 Å². The molecular weight excluding hydrogens is 352 g/mol. The quantitative estimate of drug-likeness (QED) is 0.558. The van der Waals surface area contributed by atoms with Gasteiger partial charge in [-0.1, -0.05) is 24.3 Å². The Kier molecular flexibility index (Phi) is 4.84. The summed E-state index contributed by atoms with van der Waals surface area (Å²) in [5, 5.41) is 23.9. The molecule has 138 valence electrons. The zero-order valence-corrected chi connectivity index (χ0v) is 14.8. The number of aromatic nitrogens is 2. The van der Waals surface area contributed by atoms with Gasteiger partial charge in [0.05, 0.1) is 20.4 Å². The molecule has 1 heterocycles. The van der Waals surface area contributed by atoms with Crippen LogP contribution in [0.15, 0.2) is 46.8 Å². The number of hydrogen-bond donors (Lipinski definition) is 1. The van der Waals surface area contributed by atoms with Gasteiger partial charge < -0.3 is 14.6 Å². The number of aromatic hydroxyl groups is 1. The molecule has 3 rings (SSSR count). The van der Waals surface area contributed by atoms with Crippen LogP contribution in [-0.2, 0) is 16.5 Å². The summed E-state index contributed by atoms with van der Waals surface area (Å²) in [5.41, 5.74) is 0.158. The predicted molar refractivity (Wildman–Crippen MR) is 95.7 cm³/mol. The number of methoxy groups -OCH3 is 2. The molecule has 0 amide bonds. The van der Waals surface area contributed by atoms with Crippen molar-refractivity contribution >= 4 is 34.2 Å². The van der Waals surface area contributed by atoms with Crippen molar-refractivity contribution in [3.63, 3.8) is 0 Å². The Morgan fingerprint density at radius 3 is 2.44 bits per heavy atom. The predicted octanol–water partition coefficient (Wildman–Crippen LogP) is 3.27. The molecule has 0 saturated heterocycles. The van der Waals surface area contributed by atoms with Gasteiger partial charge in [0, 0.05) is 12.4 Å². The summed E-state index contributed by atoms with van der Waals surface area (Å²) < 4.78 is 10.8. The van der Waals surface area contributed by atoms with Crippen molar-refractivity contribution in [1.29, 1.82) is 0 Å². The third kappa shape index (κ3) is 3.22. The Morgan fingerprint density at radius 1 is 1.07 bits per heavy atom. The second kappa shape index (κ2) is 7.24. The molecule has 9 nitrogen and oxygen atoms in total. The molecule has 0 aliphatic rings. The van der Waals surface area contributed by atoms with Crippen LogP contribution in [0.2, 0.25) is 0 Å². The fraction of sp³-hybridized carbons (Fsp3) is 0.167. The Hall–Kier alpha value is -3.75. The number of fused-ring (bicyclic) bond motifs is 1. The average Bonchev–Trinajstić information content (AvgIpc) is 3.06. The van der Waals surface area contributed by atoms with Gasteiger partial charge in [-0.2, -0.15) is 5.10 Å². The van der Waals surface area contributed by atoms with Crippen molar-refractivity contribution in [2.75, 3.05) is 14.2 Å². The fourth-order valence-corrected chi connectivity index (χ4v) is 2.59. The van der Waals surface area contributed by atoms with Gasteiger partial charge in [0.2, 0.25) is 0 Å². The van der Waals surface area contributed by atoms with Gasteiger partial charge in [0.25, 0.3) is 0 Å². The minimum Gasteiger partial charge on any atom is -0.505 e. The largest absolute Gasteiger partial charge is 0.505 e. The highest BCUT2D eigenvalue weighted by molar-refractivity contribution is 6.05. The highest BCUT2D eigenvalue weighted by Gasteiger charge is 2.20. The molecule has 0 aliphatic carbocycles. The molecule has 0 radical (unpaired) electrons. The Balaban J connectivity index is 2.19. The van der Waals surface area contributed by atoms with Crippen LogP contribution in [0.4, 0.5) is 11.5 Å². The van der Waals surface area contributed by atoms with Gasteiger partial charge in [-0.15, -0.1) is 10.2 Å². The van der Waals surface area contributed by atoms with E-state index in [0.717, 1.165) is 0 Å². The van der Waals surface area contributed by atoms with Crippen molar-refractivity contribution in [2.24, 2.45) is 17.3 Å². The number of benzene rings is 2. The topological polar surface area (TPSA) is 115 Å². The Morgan fingerprint density at radius 2 is 1.74 bits per heavy atom. The highest BCUT2D eigenvalue weighted by Crippen LogP contribution is 2.39. The lowest BCUT2D eigenvalue weighted by atomic mass is 10.0. The number of phenolic OH excluding ortho intramolecular Hbond substituents is 1. The van der Waals surface area contributed by atoms with Crippen LogP contribution in [0.1, 0.15) is 20.7 Å². The maximum Gasteiger partial charge on any atom is 0.343 e. The van der Waals surface area contributed by atoms with Crippen LogP contribution < -0.4 is 0 Å². The minimum atomic E-state index is -0.703. The number of rotatable bonds is 4. The van der Waals surface area contributed by atoms with Gasteiger partial charge in [0.15, 0.2) is 11.6 Å². The standard InChI is InChI=1S/C18H16N4O5/c1-22-16(13(9-19-22)18(25)27-3)21-20-14-11-7-5-4-6-10(11)8-12(15(14)23)17(24)26-2/h4-9,23H,1-3H3/b21-20+. The molecule has 0 aliphatic heterocycles. The van der Waals surface area contributed by atoms with Crippen LogP contribution in [0, 0.1) is 0 Å². The van der Waals surface area contributed by atoms with Crippen molar-refractivity contribution in [3.8, 4) is 5.75 Å². The van der Waals surface area contributed by atoms with E-state index >= 15 is 0 Å². The lowest BCUT2D eigenvalue weighted by Gasteiger charge is -2.09. The van der Waals surface area contributed by atoms with E-state index < -0.39 is 11.9 Å². The number of nitrogens with zero attached hydrogens (tertiary/aromatic N) is 4. The first-order chi connectivity index (χ1) is 13.0. The van der Waals surface area contributed by atoms with E-state index in [9.17, 15) is 14.7 Å². The second-order valence-electron chi connectivity index (χ2n) is 5.53. The number of phenols is 1. The number of carbonyl (C=O) groups excluding carboxylic acids is 2. The molecule has 2 aromatic carbocycles. The number of carbonyl (C=O) groups is 2. The van der Waals surface area contributed by atoms with Crippen LogP contribution in [-0.4, -0.2) is 41.0 Å². The van der Waals surface area contributed by atoms with Gasteiger partial charge in [-0.25, -0.2) is 14.3 Å². The van der Waals surface area contributed by atoms with Crippen molar-refractivity contribution in [2.45, 2.75) is 0 Å². The molecule has 0 saturated carbocycles. The molecule has 0 unspecified atom stereocenters. The summed E-state index contributed by atoms with van der Waals surface area (Å²) in [5.74, 6) is -1.54. The van der Waals surface area contributed by atoms with Crippen LogP contribution in [0.5, 0.6) is 5.75 Å². The van der Waals surface area contributed by atoms with Gasteiger partial charge >= 0.3 is 11.9 Å². The van der Waals surface area contributed by atoms with Crippen LogP contribution in [0.3, 0.4) is 0 Å². The fourth-order valence-electron chi connectivity index (χ4n) is 2.59. The number of esters is 2. The number of azo groups is 1. The summed E-state index contributed by atoms with van der Waals surface area (Å²) in [6.07, 6.45) is 1.31. The first-order valence-electron chi connectivity index (χ1n) is 7.83. The third-order valence-electron chi connectivity index (χ3n) is 3.96. The third-order valence-corrected chi connectivity index (χ3v) is 3.96. The summed E-state index contributed by atoms with van der Waals surface area (Å²) in [6, 6.07) is 8.57. The van der Waals surface area contributed by atoms with Gasteiger partial charge in [-0.3, -0.25) is 0 Å². The molecular formula is C18H16N4O5. The molecule has 0 bridgehead atoms. The van der Waals surface area contributed by atoms with E-state index in [-0.39, 0.29) is 28.4 Å². The van der Waals surface area contributed by atoms with E-state index in [1.54, 1.807) is 31.3 Å². The van der Waals surface area contributed by atoms with Crippen LogP contribution in [0.25, 0.3) is 10.8 Å². The molecule has 3 aromatic rings. The molecule has 27 heavy (non-hydrogen) atoms. The lowest BCUT2D eigenvalue weighted by molar-refractivity contribution is 0.0590. The summed E-state index contributed by atoms with van der Waals surface area (Å²) in [7, 11) is 4.05. The first-order valence-corrected chi connectivity index (χ1v) is 7.83. The molecule has 1 N–H and O–H groups in total. The van der Waals surface area contributed by atoms with Crippen molar-refractivity contribution in [1.82, 2.24) is 9.78 Å². The van der Waals surface area contributed by atoms with E-state index in [4.69, 9.17) is 9.47 Å². The number of aryl methyl sites for hydroxylation is 1. The molecule has 9 heteroatoms. The zero-order valence-electron chi connectivity index (χ0n) is 14.8. The Bertz CT molecular complexity index is 1070. The van der Waals surface area contributed by atoms with E-state index in [2.05, 4.69) is 15.3 Å². The summed E-state index contributed by atoms with van der Waals surface area (Å²) >= 11 is 0. The zero-order chi connectivity index (χ0) is 19.6. The van der Waals surface area contributed by atoms with Crippen molar-refractivity contribution in [3.05, 3.63) is 47.7 Å². The smallest absolute Gasteiger partial charge is 0.343 e. The normalized spacial score (nSPS) is 11.1. The highest BCUT2D eigenvalue weighted by atomic mass is 16.5. The SMILES string of the molecule is COC(=O)c1cc2ccccc2c(/N=N/c2c(C(=O)OC)cnn2C)c1O. The lowest BCUT2D eigenvalue weighted by Crippen LogP contribution is -2.02. The van der Waals surface area contributed by atoms with Crippen molar-refractivity contribution < 1.29 is 24.2 Å². The van der Waals surface area contributed by atoms with Crippen LogP contribution >= 0.6 is 0 Å². The summed E-state index contributed by atoms with van der Waals surface area (Å²) in [6.45, 7) is 0. The molecule has 1 aromatic heterocycles. The maximum atomic E-state index is 12.0. The number of hydrogen-bond acceptors (Lipinski definition) is 8. The van der Waals surface area contributed by atoms with E-state index in [0.29, 0.717) is 10.8 Å². The average molecular weight is 368 g/mol. The monoisotopic (exact) mass is 368 g/mol. The summed E-state index contributed by atoms with van der Waals surface area (Å²) in [4.78, 5) is 23.8.